The molecule has 5 heteroatoms. The van der Waals surface area contributed by atoms with Crippen LogP contribution < -0.4 is 4.90 Å². The Morgan fingerprint density at radius 3 is 2.32 bits per heavy atom. The van der Waals surface area contributed by atoms with Crippen LogP contribution in [0.25, 0.3) is 0 Å². The number of rotatable bonds is 6. The Labute approximate surface area is 130 Å². The number of carboxylic acid groups (broad SMARTS) is 1. The highest BCUT2D eigenvalue weighted by molar-refractivity contribution is 5.86. The average molecular weight is 299 g/mol. The predicted molar refractivity (Wildman–Crippen MR) is 86.5 cm³/mol. The fourth-order valence-corrected chi connectivity index (χ4v) is 2.27. The number of anilines is 1. The van der Waals surface area contributed by atoms with E-state index in [1.165, 1.54) is 11.6 Å². The summed E-state index contributed by atoms with van der Waals surface area (Å²) in [7, 11) is 0. The van der Waals surface area contributed by atoms with Crippen molar-refractivity contribution >= 4 is 11.8 Å². The van der Waals surface area contributed by atoms with Crippen molar-refractivity contribution in [2.45, 2.75) is 27.2 Å². The molecular weight excluding hydrogens is 278 g/mol. The van der Waals surface area contributed by atoms with E-state index in [1.54, 1.807) is 0 Å². The summed E-state index contributed by atoms with van der Waals surface area (Å²) in [5.74, 6) is 0.172. The van der Waals surface area contributed by atoms with Gasteiger partial charge in [-0.15, -0.1) is 0 Å². The van der Waals surface area contributed by atoms with E-state index in [0.29, 0.717) is 18.1 Å². The van der Waals surface area contributed by atoms with Gasteiger partial charge in [0.25, 0.3) is 0 Å². The summed E-state index contributed by atoms with van der Waals surface area (Å²) in [5, 5.41) is 9.25. The zero-order valence-electron chi connectivity index (χ0n) is 13.2. The molecule has 1 N–H and O–H groups in total. The number of aryl methyl sites for hydroxylation is 1. The maximum atomic E-state index is 11.3. The smallest absolute Gasteiger partial charge is 0.354 e. The summed E-state index contributed by atoms with van der Waals surface area (Å²) >= 11 is 0. The molecule has 1 aromatic carbocycles. The molecule has 0 fully saturated rings. The first-order valence-corrected chi connectivity index (χ1v) is 7.45. The molecule has 1 heterocycles. The van der Waals surface area contributed by atoms with Crippen LogP contribution in [0.5, 0.6) is 0 Å². The normalized spacial score (nSPS) is 10.5. The van der Waals surface area contributed by atoms with Crippen LogP contribution in [0.3, 0.4) is 0 Å². The summed E-state index contributed by atoms with van der Waals surface area (Å²) in [5.41, 5.74) is 2.30. The molecular formula is C17H21N3O2. The number of carboxylic acids is 1. The van der Waals surface area contributed by atoms with Gasteiger partial charge in [-0.1, -0.05) is 29.8 Å². The fraction of sp³-hybridized carbons (Fsp3) is 0.353. The summed E-state index contributed by atoms with van der Waals surface area (Å²) < 4.78 is 0. The minimum atomic E-state index is -1.03. The lowest BCUT2D eigenvalue weighted by Crippen LogP contribution is -2.24. The van der Waals surface area contributed by atoms with Gasteiger partial charge in [-0.05, 0) is 26.3 Å². The molecule has 0 aliphatic carbocycles. The summed E-state index contributed by atoms with van der Waals surface area (Å²) in [6.45, 7) is 7.62. The lowest BCUT2D eigenvalue weighted by atomic mass is 10.1. The molecule has 1 aromatic heterocycles. The third kappa shape index (κ3) is 3.81. The van der Waals surface area contributed by atoms with Crippen molar-refractivity contribution in [1.29, 1.82) is 0 Å². The van der Waals surface area contributed by atoms with Gasteiger partial charge in [-0.2, -0.15) is 0 Å². The van der Waals surface area contributed by atoms with Gasteiger partial charge in [0, 0.05) is 25.6 Å². The first-order valence-electron chi connectivity index (χ1n) is 7.45. The largest absolute Gasteiger partial charge is 0.477 e. The molecule has 5 nitrogen and oxygen atoms in total. The van der Waals surface area contributed by atoms with Crippen molar-refractivity contribution in [3.63, 3.8) is 0 Å². The van der Waals surface area contributed by atoms with Crippen molar-refractivity contribution in [3.8, 4) is 0 Å². The van der Waals surface area contributed by atoms with Crippen molar-refractivity contribution in [2.75, 3.05) is 18.0 Å². The molecule has 0 saturated carbocycles. The summed E-state index contributed by atoms with van der Waals surface area (Å²) in [6.07, 6.45) is 0.523. The molecule has 0 unspecified atom stereocenters. The van der Waals surface area contributed by atoms with Crippen LogP contribution in [0.2, 0.25) is 0 Å². The minimum absolute atomic E-state index is 0.0408. The zero-order valence-corrected chi connectivity index (χ0v) is 13.2. The molecule has 0 spiro atoms. The van der Waals surface area contributed by atoms with Gasteiger partial charge >= 0.3 is 5.97 Å². The number of aromatic nitrogens is 2. The van der Waals surface area contributed by atoms with E-state index in [0.717, 1.165) is 18.7 Å². The Bertz CT molecular complexity index is 649. The Balaban J connectivity index is 2.37. The van der Waals surface area contributed by atoms with Crippen molar-refractivity contribution in [3.05, 3.63) is 53.0 Å². The highest BCUT2D eigenvalue weighted by Crippen LogP contribution is 2.15. The maximum absolute atomic E-state index is 11.3. The quantitative estimate of drug-likeness (QED) is 0.888. The molecule has 2 aromatic rings. The molecule has 0 aliphatic heterocycles. The number of hydrogen-bond acceptors (Lipinski definition) is 4. The van der Waals surface area contributed by atoms with E-state index in [-0.39, 0.29) is 5.69 Å². The van der Waals surface area contributed by atoms with E-state index < -0.39 is 5.97 Å². The van der Waals surface area contributed by atoms with Gasteiger partial charge in [0.2, 0.25) is 0 Å². The Morgan fingerprint density at radius 1 is 1.14 bits per heavy atom. The first kappa shape index (κ1) is 15.9. The van der Waals surface area contributed by atoms with Crippen LogP contribution in [0.1, 0.15) is 41.3 Å². The molecule has 0 atom stereocenters. The van der Waals surface area contributed by atoms with E-state index in [1.807, 2.05) is 49.9 Å². The van der Waals surface area contributed by atoms with Gasteiger partial charge in [0.15, 0.2) is 5.69 Å². The Kier molecular flexibility index (Phi) is 5.09. The molecule has 2 rings (SSSR count). The molecule has 116 valence electrons. The topological polar surface area (TPSA) is 66.3 Å². The third-order valence-corrected chi connectivity index (χ3v) is 3.55. The second-order valence-corrected chi connectivity index (χ2v) is 5.17. The van der Waals surface area contributed by atoms with Crippen molar-refractivity contribution in [1.82, 2.24) is 9.97 Å². The molecule has 22 heavy (non-hydrogen) atoms. The lowest BCUT2D eigenvalue weighted by Gasteiger charge is -2.20. The first-order chi connectivity index (χ1) is 10.5. The maximum Gasteiger partial charge on any atom is 0.354 e. The SMILES string of the molecule is CCN(CC)c1cc(C(=O)O)nc(Cc2ccc(C)cc2)n1. The van der Waals surface area contributed by atoms with Gasteiger partial charge in [-0.25, -0.2) is 14.8 Å². The second-order valence-electron chi connectivity index (χ2n) is 5.17. The number of carbonyl (C=O) groups is 1. The number of aromatic carboxylic acids is 1. The standard InChI is InChI=1S/C17H21N3O2/c1-4-20(5-2)16-11-14(17(21)22)18-15(19-16)10-13-8-6-12(3)7-9-13/h6-9,11H,4-5,10H2,1-3H3,(H,21,22). The van der Waals surface area contributed by atoms with Crippen LogP contribution in [-0.2, 0) is 6.42 Å². The van der Waals surface area contributed by atoms with Crippen molar-refractivity contribution in [2.24, 2.45) is 0 Å². The molecule has 0 amide bonds. The number of nitrogens with zero attached hydrogens (tertiary/aromatic N) is 3. The van der Waals surface area contributed by atoms with E-state index in [4.69, 9.17) is 0 Å². The molecule has 0 aliphatic rings. The summed E-state index contributed by atoms with van der Waals surface area (Å²) in [4.78, 5) is 22.0. The van der Waals surface area contributed by atoms with Crippen LogP contribution in [0, 0.1) is 6.92 Å². The van der Waals surface area contributed by atoms with Crippen molar-refractivity contribution < 1.29 is 9.90 Å². The highest BCUT2D eigenvalue weighted by Gasteiger charge is 2.13. The number of benzene rings is 1. The summed E-state index contributed by atoms with van der Waals surface area (Å²) in [6, 6.07) is 9.63. The second kappa shape index (κ2) is 7.02. The monoisotopic (exact) mass is 299 g/mol. The van der Waals surface area contributed by atoms with Gasteiger partial charge < -0.3 is 10.0 Å². The van der Waals surface area contributed by atoms with E-state index in [2.05, 4.69) is 9.97 Å². The Hall–Kier alpha value is -2.43. The highest BCUT2D eigenvalue weighted by atomic mass is 16.4. The average Bonchev–Trinajstić information content (AvgIpc) is 2.50. The minimum Gasteiger partial charge on any atom is -0.477 e. The fourth-order valence-electron chi connectivity index (χ4n) is 2.27. The van der Waals surface area contributed by atoms with Gasteiger partial charge in [0.1, 0.15) is 11.6 Å². The molecule has 0 radical (unpaired) electrons. The lowest BCUT2D eigenvalue weighted by molar-refractivity contribution is 0.0690. The van der Waals surface area contributed by atoms with E-state index in [9.17, 15) is 9.90 Å². The molecule has 0 bridgehead atoms. The van der Waals surface area contributed by atoms with E-state index >= 15 is 0 Å². The van der Waals surface area contributed by atoms with Gasteiger partial charge in [-0.3, -0.25) is 0 Å². The molecule has 0 saturated heterocycles. The van der Waals surface area contributed by atoms with Gasteiger partial charge in [0.05, 0.1) is 0 Å². The van der Waals surface area contributed by atoms with Crippen LogP contribution in [-0.4, -0.2) is 34.1 Å². The zero-order chi connectivity index (χ0) is 16.1. The van der Waals surface area contributed by atoms with Crippen LogP contribution in [0.15, 0.2) is 30.3 Å². The predicted octanol–water partition coefficient (Wildman–Crippen LogP) is 2.92. The third-order valence-electron chi connectivity index (χ3n) is 3.55. The Morgan fingerprint density at radius 2 is 1.77 bits per heavy atom. The van der Waals surface area contributed by atoms with Crippen LogP contribution >= 0.6 is 0 Å². The van der Waals surface area contributed by atoms with Crippen LogP contribution in [0.4, 0.5) is 5.82 Å². The number of hydrogen-bond donors (Lipinski definition) is 1.